The minimum atomic E-state index is -0.0892. The Bertz CT molecular complexity index is 1430. The number of nitrogens with zero attached hydrogens (tertiary/aromatic N) is 2. The summed E-state index contributed by atoms with van der Waals surface area (Å²) in [7, 11) is 0. The fourth-order valence-corrected chi connectivity index (χ4v) is 7.41. The van der Waals surface area contributed by atoms with E-state index in [0.717, 1.165) is 50.6 Å². The first-order valence-corrected chi connectivity index (χ1v) is 13.9. The summed E-state index contributed by atoms with van der Waals surface area (Å²) in [5.41, 5.74) is 11.8. The third kappa shape index (κ3) is 3.66. The molecule has 0 radical (unpaired) electrons. The van der Waals surface area contributed by atoms with Crippen LogP contribution in [0.5, 0.6) is 0 Å². The lowest BCUT2D eigenvalue weighted by atomic mass is 9.69. The number of thiophene rings is 1. The van der Waals surface area contributed by atoms with Crippen LogP contribution in [0, 0.1) is 11.3 Å². The third-order valence-corrected chi connectivity index (χ3v) is 10.2. The van der Waals surface area contributed by atoms with Crippen molar-refractivity contribution in [1.82, 2.24) is 4.98 Å². The smallest absolute Gasteiger partial charge is 0.275 e. The highest BCUT2D eigenvalue weighted by atomic mass is 32.2. The van der Waals surface area contributed by atoms with E-state index < -0.39 is 0 Å². The van der Waals surface area contributed by atoms with Crippen molar-refractivity contribution < 1.29 is 4.79 Å². The largest absolute Gasteiger partial charge is 0.397 e. The molecular weight excluding hydrogens is 470 g/mol. The molecule has 0 spiro atoms. The zero-order chi connectivity index (χ0) is 24.3. The summed E-state index contributed by atoms with van der Waals surface area (Å²) < 4.78 is 0. The number of pyridine rings is 1. The normalized spacial score (nSPS) is 17.1. The van der Waals surface area contributed by atoms with Crippen LogP contribution in [0.25, 0.3) is 10.2 Å². The molecule has 178 valence electrons. The monoisotopic (exact) mass is 499 g/mol. The van der Waals surface area contributed by atoms with Crippen LogP contribution >= 0.6 is 23.1 Å². The molecule has 1 aliphatic carbocycles. The van der Waals surface area contributed by atoms with Gasteiger partial charge in [0.05, 0.1) is 17.1 Å². The van der Waals surface area contributed by atoms with Crippen molar-refractivity contribution in [2.75, 3.05) is 10.6 Å². The van der Waals surface area contributed by atoms with E-state index >= 15 is 0 Å². The SMILES string of the molecule is CCC(C)(C)[C@H]1CCc2nc3sc(C(=O)N4c5ccccc5Sc5ccccc54)c(N)c3cc2C1. The number of hydrogen-bond acceptors (Lipinski definition) is 5. The number of nitrogens with two attached hydrogens (primary N) is 1. The van der Waals surface area contributed by atoms with Crippen LogP contribution in [-0.2, 0) is 12.8 Å². The lowest BCUT2D eigenvalue weighted by Crippen LogP contribution is -2.29. The Labute approximate surface area is 214 Å². The Morgan fingerprint density at radius 1 is 1.11 bits per heavy atom. The van der Waals surface area contributed by atoms with Gasteiger partial charge >= 0.3 is 0 Å². The molecule has 4 nitrogen and oxygen atoms in total. The highest BCUT2D eigenvalue weighted by Gasteiger charge is 2.34. The van der Waals surface area contributed by atoms with Gasteiger partial charge in [0.25, 0.3) is 5.91 Å². The highest BCUT2D eigenvalue weighted by molar-refractivity contribution is 7.99. The number of benzene rings is 2. The first kappa shape index (κ1) is 22.6. The lowest BCUT2D eigenvalue weighted by Gasteiger charge is -2.36. The molecule has 2 aliphatic rings. The maximum Gasteiger partial charge on any atom is 0.275 e. The molecule has 3 heterocycles. The lowest BCUT2D eigenvalue weighted by molar-refractivity contribution is 0.100. The number of carbonyl (C=O) groups excluding carboxylic acids is 1. The Kier molecular flexibility index (Phi) is 5.42. The van der Waals surface area contributed by atoms with Crippen molar-refractivity contribution in [2.24, 2.45) is 11.3 Å². The van der Waals surface area contributed by atoms with Gasteiger partial charge in [-0.15, -0.1) is 11.3 Å². The summed E-state index contributed by atoms with van der Waals surface area (Å²) in [6, 6.07) is 18.3. The predicted octanol–water partition coefficient (Wildman–Crippen LogP) is 7.86. The number of aryl methyl sites for hydroxylation is 1. The first-order valence-electron chi connectivity index (χ1n) is 12.3. The molecule has 0 bridgehead atoms. The van der Waals surface area contributed by atoms with Crippen molar-refractivity contribution in [3.63, 3.8) is 0 Å². The van der Waals surface area contributed by atoms with Crippen LogP contribution in [0.3, 0.4) is 0 Å². The van der Waals surface area contributed by atoms with Gasteiger partial charge in [-0.05, 0) is 66.5 Å². The quantitative estimate of drug-likeness (QED) is 0.312. The number of aromatic nitrogens is 1. The van der Waals surface area contributed by atoms with Crippen molar-refractivity contribution in [1.29, 1.82) is 0 Å². The number of hydrogen-bond donors (Lipinski definition) is 1. The highest BCUT2D eigenvalue weighted by Crippen LogP contribution is 2.49. The second kappa shape index (κ2) is 8.38. The minimum Gasteiger partial charge on any atom is -0.397 e. The number of para-hydroxylation sites is 2. The van der Waals surface area contributed by atoms with Gasteiger partial charge in [-0.3, -0.25) is 9.69 Å². The second-order valence-electron chi connectivity index (χ2n) is 10.3. The van der Waals surface area contributed by atoms with E-state index in [0.29, 0.717) is 21.9 Å². The van der Waals surface area contributed by atoms with Crippen LogP contribution in [0.1, 0.15) is 54.5 Å². The molecule has 0 saturated carbocycles. The van der Waals surface area contributed by atoms with E-state index in [9.17, 15) is 4.79 Å². The third-order valence-electron chi connectivity index (χ3n) is 7.93. The number of amides is 1. The van der Waals surface area contributed by atoms with Gasteiger partial charge in [0.1, 0.15) is 9.71 Å². The topological polar surface area (TPSA) is 59.2 Å². The van der Waals surface area contributed by atoms with E-state index in [-0.39, 0.29) is 5.91 Å². The Morgan fingerprint density at radius 3 is 2.43 bits per heavy atom. The van der Waals surface area contributed by atoms with E-state index in [2.05, 4.69) is 39.0 Å². The van der Waals surface area contributed by atoms with Crippen LogP contribution in [0.2, 0.25) is 0 Å². The number of fused-ring (bicyclic) bond motifs is 4. The van der Waals surface area contributed by atoms with Gasteiger partial charge in [-0.2, -0.15) is 0 Å². The number of carbonyl (C=O) groups is 1. The van der Waals surface area contributed by atoms with Crippen molar-refractivity contribution >= 4 is 56.3 Å². The Hall–Kier alpha value is -2.83. The summed E-state index contributed by atoms with van der Waals surface area (Å²) >= 11 is 3.12. The minimum absolute atomic E-state index is 0.0892. The van der Waals surface area contributed by atoms with E-state index in [1.807, 2.05) is 41.3 Å². The van der Waals surface area contributed by atoms with Crippen LogP contribution in [-0.4, -0.2) is 10.9 Å². The van der Waals surface area contributed by atoms with E-state index in [4.69, 9.17) is 10.7 Å². The van der Waals surface area contributed by atoms with Gasteiger partial charge in [0, 0.05) is 20.9 Å². The summed E-state index contributed by atoms with van der Waals surface area (Å²) in [6.07, 6.45) is 4.35. The molecule has 2 aromatic carbocycles. The van der Waals surface area contributed by atoms with Gasteiger partial charge in [-0.1, -0.05) is 63.2 Å². The van der Waals surface area contributed by atoms with E-state index in [1.165, 1.54) is 29.0 Å². The van der Waals surface area contributed by atoms with E-state index in [1.54, 1.807) is 11.8 Å². The van der Waals surface area contributed by atoms with Crippen LogP contribution in [0.15, 0.2) is 64.4 Å². The van der Waals surface area contributed by atoms with Gasteiger partial charge in [-0.25, -0.2) is 4.98 Å². The molecule has 1 amide bonds. The number of nitrogen functional groups attached to an aromatic ring is 1. The number of rotatable bonds is 3. The summed E-state index contributed by atoms with van der Waals surface area (Å²) in [4.78, 5) is 24.5. The molecule has 1 atom stereocenters. The molecule has 2 N–H and O–H groups in total. The zero-order valence-corrected chi connectivity index (χ0v) is 21.9. The molecule has 6 rings (SSSR count). The number of anilines is 3. The first-order chi connectivity index (χ1) is 16.9. The molecular formula is C29H29N3OS2. The molecule has 0 fully saturated rings. The van der Waals surface area contributed by atoms with Crippen LogP contribution in [0.4, 0.5) is 17.1 Å². The van der Waals surface area contributed by atoms with Gasteiger partial charge in [0.15, 0.2) is 0 Å². The zero-order valence-electron chi connectivity index (χ0n) is 20.3. The second-order valence-corrected chi connectivity index (χ2v) is 12.3. The average Bonchev–Trinajstić information content (AvgIpc) is 3.20. The Balaban J connectivity index is 1.43. The fraction of sp³-hybridized carbons (Fsp3) is 0.310. The van der Waals surface area contributed by atoms with Crippen molar-refractivity contribution in [2.45, 2.75) is 56.2 Å². The summed E-state index contributed by atoms with van der Waals surface area (Å²) in [5, 5.41) is 0.917. The summed E-state index contributed by atoms with van der Waals surface area (Å²) in [5.74, 6) is 0.549. The standard InChI is InChI=1S/C29H29N3OS2/c1-4-29(2,3)18-13-14-20-17(15-18)16-19-25(30)26(35-27(19)31-20)28(33)32-21-9-5-7-11-23(21)34-24-12-8-6-10-22(24)32/h5-12,16,18H,4,13-15,30H2,1-3H3/t18-/m0/s1. The summed E-state index contributed by atoms with van der Waals surface area (Å²) in [6.45, 7) is 7.02. The fourth-order valence-electron chi connectivity index (χ4n) is 5.33. The van der Waals surface area contributed by atoms with Gasteiger partial charge < -0.3 is 5.73 Å². The predicted molar refractivity (Wildman–Crippen MR) is 147 cm³/mol. The maximum atomic E-state index is 14.1. The molecule has 0 unspecified atom stereocenters. The maximum absolute atomic E-state index is 14.1. The molecule has 1 aliphatic heterocycles. The molecule has 4 aromatic rings. The van der Waals surface area contributed by atoms with Crippen LogP contribution < -0.4 is 10.6 Å². The molecule has 35 heavy (non-hydrogen) atoms. The van der Waals surface area contributed by atoms with Crippen molar-refractivity contribution in [3.05, 3.63) is 70.7 Å². The Morgan fingerprint density at radius 2 is 1.77 bits per heavy atom. The van der Waals surface area contributed by atoms with Gasteiger partial charge in [0.2, 0.25) is 0 Å². The van der Waals surface area contributed by atoms with Crippen molar-refractivity contribution in [3.8, 4) is 0 Å². The molecule has 2 aromatic heterocycles. The molecule has 0 saturated heterocycles. The average molecular weight is 500 g/mol. The molecule has 6 heteroatoms.